The minimum atomic E-state index is -0.440. The molecule has 0 atom stereocenters. The fourth-order valence-electron chi connectivity index (χ4n) is 0.839. The molecule has 0 aromatic heterocycles. The van der Waals surface area contributed by atoms with Gasteiger partial charge >= 0.3 is 0 Å². The van der Waals surface area contributed by atoms with E-state index in [1.54, 1.807) is 19.1 Å². The van der Waals surface area contributed by atoms with E-state index in [0.717, 1.165) is 0 Å². The lowest BCUT2D eigenvalue weighted by atomic mass is 10.3. The van der Waals surface area contributed by atoms with E-state index in [9.17, 15) is 9.18 Å². The molecule has 70 valence electrons. The number of nitrogens with one attached hydrogen (secondary N) is 1. The SMILES string of the molecule is CCC(=O)Nc1cccc(Br)c1F. The lowest BCUT2D eigenvalue weighted by Crippen LogP contribution is -2.10. The summed E-state index contributed by atoms with van der Waals surface area (Å²) in [4.78, 5) is 11.0. The molecular weight excluding hydrogens is 237 g/mol. The van der Waals surface area contributed by atoms with Gasteiger partial charge in [0.25, 0.3) is 0 Å². The molecule has 0 radical (unpaired) electrons. The van der Waals surface area contributed by atoms with Crippen molar-refractivity contribution >= 4 is 27.5 Å². The number of halogens is 2. The highest BCUT2D eigenvalue weighted by Gasteiger charge is 2.07. The minimum absolute atomic E-state index is 0.197. The Balaban J connectivity index is 2.89. The van der Waals surface area contributed by atoms with Gasteiger partial charge in [-0.2, -0.15) is 0 Å². The van der Waals surface area contributed by atoms with Crippen LogP contribution in [0.2, 0.25) is 0 Å². The summed E-state index contributed by atoms with van der Waals surface area (Å²) in [5, 5.41) is 2.46. The summed E-state index contributed by atoms with van der Waals surface area (Å²) in [6.45, 7) is 1.71. The quantitative estimate of drug-likeness (QED) is 0.853. The standard InChI is InChI=1S/C9H9BrFNO/c1-2-8(13)12-7-5-3-4-6(10)9(7)11/h3-5H,2H2,1H3,(H,12,13). The molecule has 0 aliphatic heterocycles. The van der Waals surface area contributed by atoms with Crippen LogP contribution in [0, 0.1) is 5.82 Å². The maximum atomic E-state index is 13.2. The van der Waals surface area contributed by atoms with Crippen LogP contribution in [-0.2, 0) is 4.79 Å². The molecule has 1 aromatic carbocycles. The predicted molar refractivity (Wildman–Crippen MR) is 53.0 cm³/mol. The maximum absolute atomic E-state index is 13.2. The third-order valence-corrected chi connectivity index (χ3v) is 2.16. The fourth-order valence-corrected chi connectivity index (χ4v) is 1.21. The van der Waals surface area contributed by atoms with Gasteiger partial charge < -0.3 is 5.32 Å². The molecule has 0 saturated carbocycles. The average molecular weight is 246 g/mol. The van der Waals surface area contributed by atoms with Gasteiger partial charge in [0.15, 0.2) is 5.82 Å². The summed E-state index contributed by atoms with van der Waals surface area (Å²) in [5.41, 5.74) is 0.209. The molecule has 0 aliphatic carbocycles. The molecule has 0 unspecified atom stereocenters. The number of carbonyl (C=O) groups is 1. The second-order valence-electron chi connectivity index (χ2n) is 2.50. The van der Waals surface area contributed by atoms with E-state index in [1.165, 1.54) is 6.07 Å². The zero-order valence-electron chi connectivity index (χ0n) is 7.10. The first-order valence-electron chi connectivity index (χ1n) is 3.89. The number of amides is 1. The molecule has 1 amide bonds. The van der Waals surface area contributed by atoms with E-state index in [2.05, 4.69) is 21.2 Å². The monoisotopic (exact) mass is 245 g/mol. The van der Waals surface area contributed by atoms with Gasteiger partial charge in [-0.15, -0.1) is 0 Å². The normalized spacial score (nSPS) is 9.77. The van der Waals surface area contributed by atoms with E-state index >= 15 is 0 Å². The van der Waals surface area contributed by atoms with Gasteiger partial charge in [-0.3, -0.25) is 4.79 Å². The largest absolute Gasteiger partial charge is 0.324 e. The van der Waals surface area contributed by atoms with Crippen molar-refractivity contribution in [3.63, 3.8) is 0 Å². The number of rotatable bonds is 2. The lowest BCUT2D eigenvalue weighted by molar-refractivity contribution is -0.115. The highest BCUT2D eigenvalue weighted by atomic mass is 79.9. The van der Waals surface area contributed by atoms with E-state index in [4.69, 9.17) is 0 Å². The summed E-state index contributed by atoms with van der Waals surface area (Å²) < 4.78 is 13.6. The van der Waals surface area contributed by atoms with Crippen molar-refractivity contribution < 1.29 is 9.18 Å². The van der Waals surface area contributed by atoms with E-state index in [1.807, 2.05) is 0 Å². The molecule has 4 heteroatoms. The number of hydrogen-bond acceptors (Lipinski definition) is 1. The average Bonchev–Trinajstić information content (AvgIpc) is 2.13. The molecule has 1 rings (SSSR count). The van der Waals surface area contributed by atoms with Crippen LogP contribution >= 0.6 is 15.9 Å². The molecule has 0 saturated heterocycles. The molecule has 1 aromatic rings. The first kappa shape index (κ1) is 10.2. The zero-order chi connectivity index (χ0) is 9.84. The molecule has 2 nitrogen and oxygen atoms in total. The zero-order valence-corrected chi connectivity index (χ0v) is 8.69. The van der Waals surface area contributed by atoms with Gasteiger partial charge in [0, 0.05) is 6.42 Å². The Morgan fingerprint density at radius 3 is 2.92 bits per heavy atom. The molecule has 0 bridgehead atoms. The molecule has 0 aliphatic rings. The van der Waals surface area contributed by atoms with Gasteiger partial charge in [-0.05, 0) is 28.1 Å². The minimum Gasteiger partial charge on any atom is -0.324 e. The topological polar surface area (TPSA) is 29.1 Å². The summed E-state index contributed by atoms with van der Waals surface area (Å²) in [6.07, 6.45) is 0.339. The number of carbonyl (C=O) groups excluding carboxylic acids is 1. The highest BCUT2D eigenvalue weighted by Crippen LogP contribution is 2.22. The number of benzene rings is 1. The van der Waals surface area contributed by atoms with E-state index in [0.29, 0.717) is 10.9 Å². The number of anilines is 1. The summed E-state index contributed by atoms with van der Waals surface area (Å²) in [7, 11) is 0. The van der Waals surface area contributed by atoms with Crippen molar-refractivity contribution in [2.75, 3.05) is 5.32 Å². The van der Waals surface area contributed by atoms with Crippen molar-refractivity contribution in [1.82, 2.24) is 0 Å². The van der Waals surface area contributed by atoms with Crippen molar-refractivity contribution in [2.45, 2.75) is 13.3 Å². The van der Waals surface area contributed by atoms with Gasteiger partial charge in [0.05, 0.1) is 10.2 Å². The lowest BCUT2D eigenvalue weighted by Gasteiger charge is -2.05. The van der Waals surface area contributed by atoms with Crippen LogP contribution in [0.5, 0.6) is 0 Å². The van der Waals surface area contributed by atoms with Crippen LogP contribution in [-0.4, -0.2) is 5.91 Å². The maximum Gasteiger partial charge on any atom is 0.224 e. The van der Waals surface area contributed by atoms with Crippen molar-refractivity contribution in [3.8, 4) is 0 Å². The van der Waals surface area contributed by atoms with Crippen LogP contribution in [0.25, 0.3) is 0 Å². The van der Waals surface area contributed by atoms with Crippen molar-refractivity contribution in [2.24, 2.45) is 0 Å². The third kappa shape index (κ3) is 2.52. The Morgan fingerprint density at radius 1 is 1.62 bits per heavy atom. The Bertz CT molecular complexity index is 327. The van der Waals surface area contributed by atoms with E-state index in [-0.39, 0.29) is 11.6 Å². The summed E-state index contributed by atoms with van der Waals surface area (Å²) in [6, 6.07) is 4.77. The summed E-state index contributed by atoms with van der Waals surface area (Å²) >= 11 is 3.03. The Kier molecular flexibility index (Phi) is 3.42. The molecule has 0 heterocycles. The third-order valence-electron chi connectivity index (χ3n) is 1.55. The first-order valence-corrected chi connectivity index (χ1v) is 4.68. The Labute approximate surface area is 84.3 Å². The smallest absolute Gasteiger partial charge is 0.224 e. The van der Waals surface area contributed by atoms with Crippen LogP contribution in [0.15, 0.2) is 22.7 Å². The number of hydrogen-bond donors (Lipinski definition) is 1. The molecule has 1 N–H and O–H groups in total. The second-order valence-corrected chi connectivity index (χ2v) is 3.36. The first-order chi connectivity index (χ1) is 6.15. The van der Waals surface area contributed by atoms with Crippen LogP contribution in [0.3, 0.4) is 0 Å². The molecular formula is C9H9BrFNO. The molecule has 0 spiro atoms. The Hall–Kier alpha value is -0.900. The van der Waals surface area contributed by atoms with Gasteiger partial charge in [-0.25, -0.2) is 4.39 Å². The second kappa shape index (κ2) is 4.37. The van der Waals surface area contributed by atoms with Crippen molar-refractivity contribution in [3.05, 3.63) is 28.5 Å². The molecule has 13 heavy (non-hydrogen) atoms. The summed E-state index contributed by atoms with van der Waals surface area (Å²) in [5.74, 6) is -0.638. The van der Waals surface area contributed by atoms with Crippen molar-refractivity contribution in [1.29, 1.82) is 0 Å². The van der Waals surface area contributed by atoms with Gasteiger partial charge in [-0.1, -0.05) is 13.0 Å². The predicted octanol–water partition coefficient (Wildman–Crippen LogP) is 2.94. The van der Waals surface area contributed by atoms with Crippen LogP contribution in [0.4, 0.5) is 10.1 Å². The van der Waals surface area contributed by atoms with Gasteiger partial charge in [0.1, 0.15) is 0 Å². The fraction of sp³-hybridized carbons (Fsp3) is 0.222. The van der Waals surface area contributed by atoms with E-state index < -0.39 is 5.82 Å². The van der Waals surface area contributed by atoms with Crippen LogP contribution < -0.4 is 5.32 Å². The van der Waals surface area contributed by atoms with Crippen LogP contribution in [0.1, 0.15) is 13.3 Å². The highest BCUT2D eigenvalue weighted by molar-refractivity contribution is 9.10. The Morgan fingerprint density at radius 2 is 2.31 bits per heavy atom. The molecule has 0 fully saturated rings. The van der Waals surface area contributed by atoms with Gasteiger partial charge in [0.2, 0.25) is 5.91 Å².